The Morgan fingerprint density at radius 1 is 0.958 bits per heavy atom. The molecule has 0 aliphatic rings. The van der Waals surface area contributed by atoms with E-state index in [0.717, 1.165) is 0 Å². The van der Waals surface area contributed by atoms with Gasteiger partial charge in [0.2, 0.25) is 0 Å². The molecule has 3 aromatic rings. The van der Waals surface area contributed by atoms with E-state index in [1.807, 2.05) is 6.07 Å². The molecule has 124 valence electrons. The van der Waals surface area contributed by atoms with Gasteiger partial charge in [-0.3, -0.25) is 0 Å². The first-order chi connectivity index (χ1) is 11.4. The van der Waals surface area contributed by atoms with E-state index in [0.29, 0.717) is 16.8 Å². The number of benzene rings is 2. The summed E-state index contributed by atoms with van der Waals surface area (Å²) in [7, 11) is 1.40. The van der Waals surface area contributed by atoms with Crippen LogP contribution in [-0.4, -0.2) is 12.1 Å². The fraction of sp³-hybridized carbons (Fsp3) is 0.211. The standard InChI is InChI=1S/C19H16F3NO/c1-12(24-2)16-17(19(20,21)22)14-10-6-7-11-15(14)23-18(16)13-8-4-3-5-9-13/h3-12H,1-2H3. The number of nitrogens with zero attached hydrogens (tertiary/aromatic N) is 1. The van der Waals surface area contributed by atoms with Crippen LogP contribution in [0.5, 0.6) is 0 Å². The summed E-state index contributed by atoms with van der Waals surface area (Å²) >= 11 is 0. The average molecular weight is 331 g/mol. The number of hydrogen-bond donors (Lipinski definition) is 0. The highest BCUT2D eigenvalue weighted by Gasteiger charge is 2.38. The molecule has 5 heteroatoms. The van der Waals surface area contributed by atoms with Gasteiger partial charge in [0.05, 0.1) is 22.9 Å². The van der Waals surface area contributed by atoms with E-state index in [-0.39, 0.29) is 10.9 Å². The Balaban J connectivity index is 2.47. The fourth-order valence-electron chi connectivity index (χ4n) is 2.86. The van der Waals surface area contributed by atoms with Gasteiger partial charge in [0.15, 0.2) is 0 Å². The highest BCUT2D eigenvalue weighted by Crippen LogP contribution is 2.43. The van der Waals surface area contributed by atoms with E-state index < -0.39 is 17.8 Å². The van der Waals surface area contributed by atoms with Crippen molar-refractivity contribution in [3.8, 4) is 11.3 Å². The summed E-state index contributed by atoms with van der Waals surface area (Å²) in [6.07, 6.45) is -5.25. The molecular weight excluding hydrogens is 315 g/mol. The first kappa shape index (κ1) is 16.5. The lowest BCUT2D eigenvalue weighted by atomic mass is 9.93. The molecule has 3 rings (SSSR count). The number of rotatable bonds is 3. The molecule has 0 aliphatic carbocycles. The molecule has 0 saturated carbocycles. The van der Waals surface area contributed by atoms with Gasteiger partial charge in [-0.1, -0.05) is 48.5 Å². The summed E-state index contributed by atoms with van der Waals surface area (Å²) in [5.41, 5.74) is 0.635. The fourth-order valence-corrected chi connectivity index (χ4v) is 2.86. The van der Waals surface area contributed by atoms with Crippen LogP contribution in [-0.2, 0) is 10.9 Å². The minimum atomic E-state index is -4.51. The van der Waals surface area contributed by atoms with Crippen LogP contribution >= 0.6 is 0 Å². The summed E-state index contributed by atoms with van der Waals surface area (Å²) in [4.78, 5) is 4.51. The highest BCUT2D eigenvalue weighted by molar-refractivity contribution is 5.88. The molecule has 2 nitrogen and oxygen atoms in total. The number of ether oxygens (including phenoxy) is 1. The molecule has 1 unspecified atom stereocenters. The lowest BCUT2D eigenvalue weighted by Gasteiger charge is -2.22. The van der Waals surface area contributed by atoms with Gasteiger partial charge in [0.25, 0.3) is 0 Å². The maximum absolute atomic E-state index is 13.9. The van der Waals surface area contributed by atoms with Crippen molar-refractivity contribution in [2.24, 2.45) is 0 Å². The van der Waals surface area contributed by atoms with E-state index in [1.165, 1.54) is 13.2 Å². The Kier molecular flexibility index (Phi) is 4.28. The molecular formula is C19H16F3NO. The van der Waals surface area contributed by atoms with Crippen molar-refractivity contribution < 1.29 is 17.9 Å². The van der Waals surface area contributed by atoms with E-state index in [2.05, 4.69) is 4.98 Å². The molecule has 0 N–H and O–H groups in total. The summed E-state index contributed by atoms with van der Waals surface area (Å²) in [6.45, 7) is 1.60. The van der Waals surface area contributed by atoms with Crippen molar-refractivity contribution in [3.63, 3.8) is 0 Å². The van der Waals surface area contributed by atoms with Gasteiger partial charge in [0, 0.05) is 23.6 Å². The molecule has 0 amide bonds. The minimum Gasteiger partial charge on any atom is -0.377 e. The summed E-state index contributed by atoms with van der Waals surface area (Å²) in [5, 5.41) is 0.0866. The van der Waals surface area contributed by atoms with E-state index in [1.54, 1.807) is 49.4 Å². The second kappa shape index (κ2) is 6.24. The molecule has 2 aromatic carbocycles. The normalized spacial score (nSPS) is 13.2. The van der Waals surface area contributed by atoms with Crippen molar-refractivity contribution >= 4 is 10.9 Å². The third kappa shape index (κ3) is 2.87. The Hall–Kier alpha value is -2.40. The molecule has 1 aromatic heterocycles. The molecule has 24 heavy (non-hydrogen) atoms. The number of pyridine rings is 1. The lowest BCUT2D eigenvalue weighted by molar-refractivity contribution is -0.137. The molecule has 0 spiro atoms. The van der Waals surface area contributed by atoms with Crippen molar-refractivity contribution in [2.45, 2.75) is 19.2 Å². The first-order valence-electron chi connectivity index (χ1n) is 7.51. The van der Waals surface area contributed by atoms with Gasteiger partial charge in [-0.2, -0.15) is 13.2 Å². The molecule has 0 saturated heterocycles. The Bertz CT molecular complexity index is 860. The molecule has 0 fully saturated rings. The molecule has 1 heterocycles. The number of methoxy groups -OCH3 is 1. The zero-order valence-electron chi connectivity index (χ0n) is 13.3. The second-order valence-corrected chi connectivity index (χ2v) is 5.51. The van der Waals surface area contributed by atoms with Crippen LogP contribution in [0.3, 0.4) is 0 Å². The largest absolute Gasteiger partial charge is 0.417 e. The van der Waals surface area contributed by atoms with Crippen LogP contribution in [0, 0.1) is 0 Å². The Labute approximate surface area is 137 Å². The van der Waals surface area contributed by atoms with Gasteiger partial charge in [0.1, 0.15) is 0 Å². The van der Waals surface area contributed by atoms with Crippen LogP contribution < -0.4 is 0 Å². The van der Waals surface area contributed by atoms with Crippen LogP contribution in [0.15, 0.2) is 54.6 Å². The van der Waals surface area contributed by atoms with Crippen molar-refractivity contribution in [1.82, 2.24) is 4.98 Å². The Morgan fingerprint density at radius 3 is 2.21 bits per heavy atom. The number of hydrogen-bond acceptors (Lipinski definition) is 2. The number of fused-ring (bicyclic) bond motifs is 1. The van der Waals surface area contributed by atoms with Gasteiger partial charge < -0.3 is 4.74 Å². The van der Waals surface area contributed by atoms with Crippen LogP contribution in [0.4, 0.5) is 13.2 Å². The first-order valence-corrected chi connectivity index (χ1v) is 7.51. The van der Waals surface area contributed by atoms with Gasteiger partial charge in [-0.15, -0.1) is 0 Å². The topological polar surface area (TPSA) is 22.1 Å². The van der Waals surface area contributed by atoms with Gasteiger partial charge >= 0.3 is 6.18 Å². The van der Waals surface area contributed by atoms with E-state index in [9.17, 15) is 13.2 Å². The minimum absolute atomic E-state index is 0.0647. The van der Waals surface area contributed by atoms with Gasteiger partial charge in [-0.25, -0.2) is 4.98 Å². The predicted octanol–water partition coefficient (Wildman–Crippen LogP) is 5.63. The molecule has 0 bridgehead atoms. The highest BCUT2D eigenvalue weighted by atomic mass is 19.4. The maximum Gasteiger partial charge on any atom is 0.417 e. The quantitative estimate of drug-likeness (QED) is 0.621. The second-order valence-electron chi connectivity index (χ2n) is 5.51. The van der Waals surface area contributed by atoms with E-state index in [4.69, 9.17) is 4.74 Å². The number of para-hydroxylation sites is 1. The number of aromatic nitrogens is 1. The van der Waals surface area contributed by atoms with Gasteiger partial charge in [-0.05, 0) is 13.0 Å². The lowest BCUT2D eigenvalue weighted by Crippen LogP contribution is -2.15. The third-order valence-electron chi connectivity index (χ3n) is 4.02. The molecule has 0 radical (unpaired) electrons. The molecule has 1 atom stereocenters. The predicted molar refractivity (Wildman–Crippen MR) is 87.6 cm³/mol. The van der Waals surface area contributed by atoms with Crippen LogP contribution in [0.25, 0.3) is 22.2 Å². The van der Waals surface area contributed by atoms with Crippen molar-refractivity contribution in [1.29, 1.82) is 0 Å². The van der Waals surface area contributed by atoms with Crippen LogP contribution in [0.2, 0.25) is 0 Å². The average Bonchev–Trinajstić information content (AvgIpc) is 2.59. The number of halogens is 3. The van der Waals surface area contributed by atoms with Crippen molar-refractivity contribution in [3.05, 3.63) is 65.7 Å². The smallest absolute Gasteiger partial charge is 0.377 e. The van der Waals surface area contributed by atoms with Crippen LogP contribution in [0.1, 0.15) is 24.2 Å². The zero-order valence-corrected chi connectivity index (χ0v) is 13.3. The summed E-state index contributed by atoms with van der Waals surface area (Å²) in [6, 6.07) is 15.2. The summed E-state index contributed by atoms with van der Waals surface area (Å²) in [5.74, 6) is 0. The number of alkyl halides is 3. The van der Waals surface area contributed by atoms with E-state index >= 15 is 0 Å². The zero-order chi connectivity index (χ0) is 17.3. The molecule has 0 aliphatic heterocycles. The Morgan fingerprint density at radius 2 is 1.58 bits per heavy atom. The summed E-state index contributed by atoms with van der Waals surface area (Å²) < 4.78 is 46.9. The third-order valence-corrected chi connectivity index (χ3v) is 4.02. The van der Waals surface area contributed by atoms with Crippen molar-refractivity contribution in [2.75, 3.05) is 7.11 Å². The maximum atomic E-state index is 13.9. The SMILES string of the molecule is COC(C)c1c(-c2ccccc2)nc2ccccc2c1C(F)(F)F. The monoisotopic (exact) mass is 331 g/mol.